The van der Waals surface area contributed by atoms with E-state index >= 15 is 0 Å². The van der Waals surface area contributed by atoms with Crippen LogP contribution < -0.4 is 4.90 Å². The molecule has 0 unspecified atom stereocenters. The first-order valence-electron chi connectivity index (χ1n) is 7.06. The average molecular weight is 274 g/mol. The monoisotopic (exact) mass is 274 g/mol. The second-order valence-electron chi connectivity index (χ2n) is 5.53. The van der Waals surface area contributed by atoms with E-state index in [1.165, 1.54) is 30.6 Å². The van der Waals surface area contributed by atoms with E-state index in [9.17, 15) is 0 Å². The zero-order valence-corrected chi connectivity index (χ0v) is 11.9. The van der Waals surface area contributed by atoms with Crippen molar-refractivity contribution in [1.82, 2.24) is 14.9 Å². The van der Waals surface area contributed by atoms with Crippen LogP contribution in [0.3, 0.4) is 0 Å². The van der Waals surface area contributed by atoms with E-state index in [1.807, 2.05) is 6.20 Å². The molecule has 0 radical (unpaired) electrons. The van der Waals surface area contributed by atoms with Gasteiger partial charge in [0.25, 0.3) is 0 Å². The number of anilines is 1. The van der Waals surface area contributed by atoms with Gasteiger partial charge in [-0.1, -0.05) is 6.92 Å². The van der Waals surface area contributed by atoms with Gasteiger partial charge in [-0.05, 0) is 30.8 Å². The molecule has 4 nitrogen and oxygen atoms in total. The Bertz CT molecular complexity index is 596. The molecule has 4 heterocycles. The number of likely N-dealkylation sites (tertiary alicyclic amines) is 1. The number of nitrogens with zero attached hydrogens (tertiary/aromatic N) is 4. The molecule has 2 aliphatic rings. The van der Waals surface area contributed by atoms with Gasteiger partial charge in [0.15, 0.2) is 0 Å². The molecule has 2 fully saturated rings. The molecule has 5 heteroatoms. The molecule has 19 heavy (non-hydrogen) atoms. The highest BCUT2D eigenvalue weighted by molar-refractivity contribution is 7.17. The number of rotatable bonds is 3. The number of fused-ring (bicyclic) bond motifs is 3. The summed E-state index contributed by atoms with van der Waals surface area (Å²) in [6.45, 7) is 5.78. The Morgan fingerprint density at radius 1 is 1.37 bits per heavy atom. The lowest BCUT2D eigenvalue weighted by Gasteiger charge is -2.33. The molecule has 4 rings (SSSR count). The molecule has 0 spiro atoms. The maximum atomic E-state index is 4.71. The van der Waals surface area contributed by atoms with E-state index in [0.717, 1.165) is 18.0 Å². The first-order chi connectivity index (χ1) is 9.35. The van der Waals surface area contributed by atoms with E-state index in [-0.39, 0.29) is 0 Å². The third-order valence-electron chi connectivity index (χ3n) is 4.31. The third-order valence-corrected chi connectivity index (χ3v) is 5.15. The molecule has 2 saturated heterocycles. The maximum absolute atomic E-state index is 4.71. The fraction of sp³-hybridized carbons (Fsp3) is 0.571. The van der Waals surface area contributed by atoms with Gasteiger partial charge in [0.2, 0.25) is 5.95 Å². The highest BCUT2D eigenvalue weighted by Crippen LogP contribution is 2.33. The first-order valence-corrected chi connectivity index (χ1v) is 7.94. The molecule has 0 aromatic carbocycles. The van der Waals surface area contributed by atoms with Crippen molar-refractivity contribution in [2.75, 3.05) is 24.5 Å². The van der Waals surface area contributed by atoms with Crippen molar-refractivity contribution < 1.29 is 0 Å². The number of piperazine rings is 1. The van der Waals surface area contributed by atoms with Crippen LogP contribution in [0, 0.1) is 0 Å². The van der Waals surface area contributed by atoms with Gasteiger partial charge >= 0.3 is 0 Å². The highest BCUT2D eigenvalue weighted by Gasteiger charge is 2.43. The molecule has 0 aliphatic carbocycles. The zero-order chi connectivity index (χ0) is 12.8. The lowest BCUT2D eigenvalue weighted by Crippen LogP contribution is -2.47. The SMILES string of the molecule is CCCN1C[C@@H]2C[C@H]1CN2c1ncc2sccc2n1. The number of hydrogen-bond acceptors (Lipinski definition) is 5. The molecule has 2 aliphatic heterocycles. The van der Waals surface area contributed by atoms with Crippen LogP contribution in [0.25, 0.3) is 10.2 Å². The van der Waals surface area contributed by atoms with Crippen LogP contribution in [-0.4, -0.2) is 46.6 Å². The summed E-state index contributed by atoms with van der Waals surface area (Å²) < 4.78 is 1.18. The summed E-state index contributed by atoms with van der Waals surface area (Å²) in [7, 11) is 0. The predicted molar refractivity (Wildman–Crippen MR) is 78.8 cm³/mol. The van der Waals surface area contributed by atoms with Crippen molar-refractivity contribution in [3.8, 4) is 0 Å². The summed E-state index contributed by atoms with van der Waals surface area (Å²) in [6.07, 6.45) is 4.50. The Morgan fingerprint density at radius 2 is 2.32 bits per heavy atom. The van der Waals surface area contributed by atoms with Crippen molar-refractivity contribution in [2.24, 2.45) is 0 Å². The normalized spacial score (nSPS) is 26.7. The van der Waals surface area contributed by atoms with Crippen LogP contribution in [0.15, 0.2) is 17.6 Å². The Labute approximate surface area is 117 Å². The Balaban J connectivity index is 1.58. The van der Waals surface area contributed by atoms with E-state index in [1.54, 1.807) is 11.3 Å². The summed E-state index contributed by atoms with van der Waals surface area (Å²) >= 11 is 1.71. The Hall–Kier alpha value is -1.20. The maximum Gasteiger partial charge on any atom is 0.226 e. The van der Waals surface area contributed by atoms with Crippen molar-refractivity contribution in [1.29, 1.82) is 0 Å². The topological polar surface area (TPSA) is 32.3 Å². The molecule has 2 aromatic rings. The quantitative estimate of drug-likeness (QED) is 0.860. The molecular weight excluding hydrogens is 256 g/mol. The lowest BCUT2D eigenvalue weighted by atomic mass is 10.2. The average Bonchev–Trinajstić information content (AvgIpc) is 3.12. The van der Waals surface area contributed by atoms with Gasteiger partial charge in [0.1, 0.15) is 0 Å². The van der Waals surface area contributed by atoms with Crippen LogP contribution in [0.5, 0.6) is 0 Å². The largest absolute Gasteiger partial charge is 0.335 e. The van der Waals surface area contributed by atoms with Gasteiger partial charge in [-0.15, -0.1) is 11.3 Å². The fourth-order valence-corrected chi connectivity index (χ4v) is 4.14. The van der Waals surface area contributed by atoms with E-state index in [0.29, 0.717) is 12.1 Å². The number of hydrogen-bond donors (Lipinski definition) is 0. The second kappa shape index (κ2) is 4.42. The van der Waals surface area contributed by atoms with Crippen molar-refractivity contribution >= 4 is 27.5 Å². The second-order valence-corrected chi connectivity index (χ2v) is 6.48. The van der Waals surface area contributed by atoms with Crippen LogP contribution in [-0.2, 0) is 0 Å². The molecular formula is C14H18N4S. The van der Waals surface area contributed by atoms with E-state index in [2.05, 4.69) is 33.2 Å². The summed E-state index contributed by atoms with van der Waals surface area (Å²) in [5.74, 6) is 0.926. The minimum atomic E-state index is 0.618. The van der Waals surface area contributed by atoms with Crippen molar-refractivity contribution in [3.05, 3.63) is 17.6 Å². The summed E-state index contributed by atoms with van der Waals surface area (Å²) in [4.78, 5) is 14.3. The standard InChI is InChI=1S/C14H18N4S/c1-2-4-17-8-11-6-10(17)9-18(11)14-15-7-13-12(16-14)3-5-19-13/h3,5,7,10-11H,2,4,6,8-9H2,1H3/t10-,11-/m0/s1. The molecule has 2 aromatic heterocycles. The lowest BCUT2D eigenvalue weighted by molar-refractivity contribution is 0.238. The third kappa shape index (κ3) is 1.83. The minimum Gasteiger partial charge on any atom is -0.335 e. The highest BCUT2D eigenvalue weighted by atomic mass is 32.1. The molecule has 0 saturated carbocycles. The summed E-state index contributed by atoms with van der Waals surface area (Å²) in [5.41, 5.74) is 1.09. The van der Waals surface area contributed by atoms with Crippen LogP contribution in [0.2, 0.25) is 0 Å². The molecule has 100 valence electrons. The number of aromatic nitrogens is 2. The van der Waals surface area contributed by atoms with Crippen LogP contribution >= 0.6 is 11.3 Å². The van der Waals surface area contributed by atoms with Gasteiger partial charge in [-0.2, -0.15) is 0 Å². The van der Waals surface area contributed by atoms with Gasteiger partial charge in [-0.25, -0.2) is 9.97 Å². The molecule has 0 amide bonds. The van der Waals surface area contributed by atoms with Crippen molar-refractivity contribution in [3.63, 3.8) is 0 Å². The summed E-state index contributed by atoms with van der Waals surface area (Å²) in [5, 5.41) is 2.09. The van der Waals surface area contributed by atoms with Gasteiger partial charge in [0.05, 0.1) is 16.4 Å². The zero-order valence-electron chi connectivity index (χ0n) is 11.1. The molecule has 0 N–H and O–H groups in total. The molecule has 2 bridgehead atoms. The number of thiophene rings is 1. The van der Waals surface area contributed by atoms with Crippen LogP contribution in [0.1, 0.15) is 19.8 Å². The minimum absolute atomic E-state index is 0.618. The molecule has 2 atom stereocenters. The summed E-state index contributed by atoms with van der Waals surface area (Å²) in [6, 6.07) is 3.42. The Kier molecular flexibility index (Phi) is 2.70. The van der Waals surface area contributed by atoms with Crippen LogP contribution in [0.4, 0.5) is 5.95 Å². The smallest absolute Gasteiger partial charge is 0.226 e. The van der Waals surface area contributed by atoms with Gasteiger partial charge in [-0.3, -0.25) is 4.90 Å². The Morgan fingerprint density at radius 3 is 3.11 bits per heavy atom. The first kappa shape index (κ1) is 11.6. The van der Waals surface area contributed by atoms with Gasteiger partial charge < -0.3 is 4.90 Å². The van der Waals surface area contributed by atoms with E-state index in [4.69, 9.17) is 4.98 Å². The fourth-order valence-electron chi connectivity index (χ4n) is 3.45. The van der Waals surface area contributed by atoms with Gasteiger partial charge in [0, 0.05) is 25.2 Å². The predicted octanol–water partition coefficient (Wildman–Crippen LogP) is 2.36. The van der Waals surface area contributed by atoms with Crippen molar-refractivity contribution in [2.45, 2.75) is 31.8 Å². The van der Waals surface area contributed by atoms with E-state index < -0.39 is 0 Å².